The summed E-state index contributed by atoms with van der Waals surface area (Å²) in [5, 5.41) is 29.1. The molecule has 0 aliphatic carbocycles. The van der Waals surface area contributed by atoms with E-state index in [0.29, 0.717) is 54.4 Å². The monoisotopic (exact) mass is 685 g/mol. The lowest BCUT2D eigenvalue weighted by molar-refractivity contribution is 0.0544. The minimum atomic E-state index is -1.10. The maximum absolute atomic E-state index is 14.6. The van der Waals surface area contributed by atoms with E-state index in [4.69, 9.17) is 9.84 Å². The van der Waals surface area contributed by atoms with Crippen LogP contribution in [0.25, 0.3) is 5.69 Å². The van der Waals surface area contributed by atoms with Gasteiger partial charge in [-0.2, -0.15) is 5.10 Å². The Labute approximate surface area is 293 Å². The third kappa shape index (κ3) is 8.34. The molecule has 4 aromatic rings. The van der Waals surface area contributed by atoms with Gasteiger partial charge in [0.2, 0.25) is 0 Å². The minimum Gasteiger partial charge on any atom is -0.494 e. The van der Waals surface area contributed by atoms with Gasteiger partial charge in [0.15, 0.2) is 17.3 Å². The summed E-state index contributed by atoms with van der Waals surface area (Å²) >= 11 is 0. The molecule has 11 heteroatoms. The van der Waals surface area contributed by atoms with Crippen LogP contribution in [0.1, 0.15) is 82.8 Å². The molecule has 266 valence electrons. The lowest BCUT2D eigenvalue weighted by Gasteiger charge is -2.36. The Morgan fingerprint density at radius 1 is 1.04 bits per heavy atom. The first-order chi connectivity index (χ1) is 24.2. The van der Waals surface area contributed by atoms with Crippen molar-refractivity contribution < 1.29 is 28.9 Å². The molecule has 10 nitrogen and oxygen atoms in total. The summed E-state index contributed by atoms with van der Waals surface area (Å²) in [6.45, 7) is 7.44. The molecular formula is C39H48FN5O5. The lowest BCUT2D eigenvalue weighted by Crippen LogP contribution is -2.46. The second-order valence-corrected chi connectivity index (χ2v) is 12.9. The molecule has 3 N–H and O–H groups in total. The number of carbonyl (C=O) groups excluding carboxylic acids is 2. The summed E-state index contributed by atoms with van der Waals surface area (Å²) in [4.78, 5) is 31.8. The zero-order chi connectivity index (χ0) is 35.8. The number of benzene rings is 3. The van der Waals surface area contributed by atoms with Crippen molar-refractivity contribution in [3.05, 3.63) is 106 Å². The van der Waals surface area contributed by atoms with Gasteiger partial charge in [0.05, 0.1) is 31.0 Å². The van der Waals surface area contributed by atoms with Crippen LogP contribution < -0.4 is 10.1 Å². The molecule has 50 heavy (non-hydrogen) atoms. The number of nitrogens with zero attached hydrogens (tertiary/aromatic N) is 4. The summed E-state index contributed by atoms with van der Waals surface area (Å²) in [5.74, 6) is -0.877. The molecular weight excluding hydrogens is 637 g/mol. The van der Waals surface area contributed by atoms with E-state index in [1.807, 2.05) is 36.1 Å². The van der Waals surface area contributed by atoms with Crippen LogP contribution in [0.15, 0.2) is 66.7 Å². The summed E-state index contributed by atoms with van der Waals surface area (Å²) in [7, 11) is 1.39. The minimum absolute atomic E-state index is 0.0950. The quantitative estimate of drug-likeness (QED) is 0.133. The van der Waals surface area contributed by atoms with Gasteiger partial charge in [-0.25, -0.2) is 9.07 Å². The number of aromatic nitrogens is 2. The summed E-state index contributed by atoms with van der Waals surface area (Å²) in [6.07, 6.45) is 3.23. The number of halogens is 1. The molecule has 0 radical (unpaired) electrons. The molecule has 0 saturated carbocycles. The molecule has 0 bridgehead atoms. The van der Waals surface area contributed by atoms with Gasteiger partial charge in [0.25, 0.3) is 11.8 Å². The van der Waals surface area contributed by atoms with Crippen LogP contribution in [0.2, 0.25) is 0 Å². The normalized spacial score (nSPS) is 14.6. The van der Waals surface area contributed by atoms with Gasteiger partial charge >= 0.3 is 0 Å². The number of unbranched alkanes of at least 4 members (excludes halogenated alkanes) is 2. The third-order valence-corrected chi connectivity index (χ3v) is 9.22. The van der Waals surface area contributed by atoms with Crippen LogP contribution in [0, 0.1) is 12.7 Å². The van der Waals surface area contributed by atoms with Crippen molar-refractivity contribution in [3.63, 3.8) is 0 Å². The Bertz CT molecular complexity index is 1780. The molecule has 5 rings (SSSR count). The van der Waals surface area contributed by atoms with Crippen LogP contribution in [0.3, 0.4) is 0 Å². The molecule has 1 unspecified atom stereocenters. The number of methoxy groups -OCH3 is 1. The van der Waals surface area contributed by atoms with Gasteiger partial charge in [-0.15, -0.1) is 0 Å². The third-order valence-electron chi connectivity index (χ3n) is 9.22. The first-order valence-corrected chi connectivity index (χ1v) is 17.4. The SMILES string of the molecule is CCCCN(CCCC)C(=O)c1cc(C)n(-c2ccc(NC(O)Cc3ccc(OC)c(F)c3)cc2C(=O)N2Cc3ccccc3C[C@H]2CO)n1. The lowest BCUT2D eigenvalue weighted by atomic mass is 9.93. The average molecular weight is 686 g/mol. The number of hydrogen-bond acceptors (Lipinski definition) is 7. The van der Waals surface area contributed by atoms with Crippen molar-refractivity contribution in [2.24, 2.45) is 0 Å². The second kappa shape index (κ2) is 16.8. The largest absolute Gasteiger partial charge is 0.494 e. The number of nitrogens with one attached hydrogen (secondary N) is 1. The molecule has 2 amide bonds. The standard InChI is InChI=1S/C39H48FN5O5/c1-5-7-17-43(18-8-6-2)39(49)34-19-26(3)45(42-34)35-15-14-30(41-37(47)21-27-13-16-36(50-4)33(40)20-27)23-32(35)38(48)44-24-29-12-10-9-11-28(29)22-31(44)25-46/h9-16,19-20,23,31,37,41,46-47H,5-8,17-18,21-22,24-25H2,1-4H3/t31-,37?/m0/s1. The Balaban J connectivity index is 1.50. The Morgan fingerprint density at radius 2 is 1.76 bits per heavy atom. The van der Waals surface area contributed by atoms with Gasteiger partial charge in [0, 0.05) is 37.4 Å². The van der Waals surface area contributed by atoms with E-state index >= 15 is 0 Å². The fourth-order valence-electron chi connectivity index (χ4n) is 6.43. The smallest absolute Gasteiger partial charge is 0.274 e. The molecule has 0 saturated heterocycles. The Kier molecular flexibility index (Phi) is 12.3. The summed E-state index contributed by atoms with van der Waals surface area (Å²) in [6, 6.07) is 18.8. The summed E-state index contributed by atoms with van der Waals surface area (Å²) in [5.41, 5.74) is 4.85. The highest BCUT2D eigenvalue weighted by Gasteiger charge is 2.32. The number of carbonyl (C=O) groups is 2. The van der Waals surface area contributed by atoms with Crippen molar-refractivity contribution in [2.75, 3.05) is 32.1 Å². The van der Waals surface area contributed by atoms with Crippen LogP contribution in [-0.2, 0) is 19.4 Å². The van der Waals surface area contributed by atoms with E-state index in [9.17, 15) is 24.2 Å². The number of anilines is 1. The summed E-state index contributed by atoms with van der Waals surface area (Å²) < 4.78 is 20.9. The fraction of sp³-hybridized carbons (Fsp3) is 0.410. The average Bonchev–Trinajstić information content (AvgIpc) is 3.51. The molecule has 0 spiro atoms. The van der Waals surface area contributed by atoms with Crippen LogP contribution in [0.4, 0.5) is 10.1 Å². The van der Waals surface area contributed by atoms with Gasteiger partial charge in [-0.3, -0.25) is 9.59 Å². The van der Waals surface area contributed by atoms with Crippen molar-refractivity contribution in [3.8, 4) is 11.4 Å². The van der Waals surface area contributed by atoms with Crippen LogP contribution in [0.5, 0.6) is 5.75 Å². The number of fused-ring (bicyclic) bond motifs is 1. The van der Waals surface area contributed by atoms with E-state index in [1.54, 1.807) is 39.9 Å². The van der Waals surface area contributed by atoms with Gasteiger partial charge in [0.1, 0.15) is 6.23 Å². The number of amides is 2. The zero-order valence-corrected chi connectivity index (χ0v) is 29.4. The molecule has 1 aliphatic rings. The Morgan fingerprint density at radius 3 is 2.42 bits per heavy atom. The predicted octanol–water partition coefficient (Wildman–Crippen LogP) is 5.90. The zero-order valence-electron chi connectivity index (χ0n) is 29.4. The molecule has 1 aliphatic heterocycles. The van der Waals surface area contributed by atoms with Crippen molar-refractivity contribution in [1.82, 2.24) is 19.6 Å². The van der Waals surface area contributed by atoms with Crippen molar-refractivity contribution in [2.45, 2.75) is 78.1 Å². The number of aryl methyl sites for hydroxylation is 1. The topological polar surface area (TPSA) is 120 Å². The molecule has 0 fully saturated rings. The molecule has 2 atom stereocenters. The Hall–Kier alpha value is -4.74. The van der Waals surface area contributed by atoms with E-state index in [2.05, 4.69) is 19.2 Å². The van der Waals surface area contributed by atoms with E-state index in [0.717, 1.165) is 36.8 Å². The molecule has 3 aromatic carbocycles. The number of aliphatic hydroxyl groups is 2. The van der Waals surface area contributed by atoms with E-state index < -0.39 is 18.1 Å². The van der Waals surface area contributed by atoms with Crippen LogP contribution >= 0.6 is 0 Å². The maximum Gasteiger partial charge on any atom is 0.274 e. The van der Waals surface area contributed by atoms with Crippen molar-refractivity contribution >= 4 is 17.5 Å². The number of hydrogen-bond donors (Lipinski definition) is 3. The number of rotatable bonds is 15. The van der Waals surface area contributed by atoms with Gasteiger partial charge < -0.3 is 30.1 Å². The highest BCUT2D eigenvalue weighted by Crippen LogP contribution is 2.29. The molecule has 2 heterocycles. The number of ether oxygens (including phenoxy) is 1. The first-order valence-electron chi connectivity index (χ1n) is 17.4. The first kappa shape index (κ1) is 36.5. The van der Waals surface area contributed by atoms with Crippen molar-refractivity contribution in [1.29, 1.82) is 0 Å². The van der Waals surface area contributed by atoms with Gasteiger partial charge in [-0.1, -0.05) is 57.0 Å². The van der Waals surface area contributed by atoms with Gasteiger partial charge in [-0.05, 0) is 79.3 Å². The second-order valence-electron chi connectivity index (χ2n) is 12.9. The van der Waals surface area contributed by atoms with E-state index in [1.165, 1.54) is 19.2 Å². The highest BCUT2D eigenvalue weighted by molar-refractivity contribution is 5.99. The predicted molar refractivity (Wildman–Crippen MR) is 191 cm³/mol. The molecule has 1 aromatic heterocycles. The van der Waals surface area contributed by atoms with E-state index in [-0.39, 0.29) is 36.2 Å². The number of aliphatic hydroxyl groups excluding tert-OH is 2. The highest BCUT2D eigenvalue weighted by atomic mass is 19.1. The fourth-order valence-corrected chi connectivity index (χ4v) is 6.43. The maximum atomic E-state index is 14.6. The van der Waals surface area contributed by atoms with Crippen LogP contribution in [-0.4, -0.2) is 80.7 Å².